The van der Waals surface area contributed by atoms with Crippen molar-refractivity contribution in [2.75, 3.05) is 0 Å². The van der Waals surface area contributed by atoms with Crippen molar-refractivity contribution in [3.05, 3.63) is 75.1 Å². The maximum Gasteiger partial charge on any atom is 0.213 e. The average molecular weight is 339 g/mol. The number of carbonyl (C=O) groups is 1. The third kappa shape index (κ3) is 3.45. The van der Waals surface area contributed by atoms with E-state index >= 15 is 0 Å². The normalized spacial score (nSPS) is 11.2. The van der Waals surface area contributed by atoms with E-state index in [2.05, 4.69) is 0 Å². The van der Waals surface area contributed by atoms with Crippen molar-refractivity contribution in [1.82, 2.24) is 0 Å². The summed E-state index contributed by atoms with van der Waals surface area (Å²) in [4.78, 5) is 14.6. The maximum absolute atomic E-state index is 13.0. The molecule has 0 radical (unpaired) electrons. The van der Waals surface area contributed by atoms with E-state index < -0.39 is 0 Å². The van der Waals surface area contributed by atoms with Crippen LogP contribution in [0.5, 0.6) is 0 Å². The van der Waals surface area contributed by atoms with Crippen LogP contribution in [0.4, 0.5) is 4.39 Å². The highest BCUT2D eigenvalue weighted by Crippen LogP contribution is 2.30. The number of ketones is 1. The van der Waals surface area contributed by atoms with Crippen LogP contribution < -0.4 is 0 Å². The molecule has 3 aromatic rings. The van der Waals surface area contributed by atoms with Crippen molar-refractivity contribution in [1.29, 1.82) is 5.26 Å². The van der Waals surface area contributed by atoms with Crippen LogP contribution in [0.25, 0.3) is 16.5 Å². The van der Waals surface area contributed by atoms with Gasteiger partial charge in [0.05, 0.1) is 4.88 Å². The molecule has 0 aliphatic rings. The molecule has 0 aliphatic carbocycles. The molecule has 2 heterocycles. The highest BCUT2D eigenvalue weighted by molar-refractivity contribution is 7.16. The Bertz CT molecular complexity index is 899. The summed E-state index contributed by atoms with van der Waals surface area (Å²) in [5.41, 5.74) is 1.01. The minimum atomic E-state index is -0.279. The molecule has 2 aromatic heterocycles. The van der Waals surface area contributed by atoms with E-state index in [9.17, 15) is 14.4 Å². The number of hydrogen-bond acceptors (Lipinski definition) is 4. The van der Waals surface area contributed by atoms with Crippen molar-refractivity contribution in [3.63, 3.8) is 0 Å². The zero-order valence-corrected chi connectivity index (χ0v) is 13.5. The summed E-state index contributed by atoms with van der Waals surface area (Å²) in [7, 11) is 0. The Kier molecular flexibility index (Phi) is 4.47. The van der Waals surface area contributed by atoms with Crippen LogP contribution >= 0.6 is 22.7 Å². The summed E-state index contributed by atoms with van der Waals surface area (Å²) < 4.78 is 13.0. The van der Waals surface area contributed by atoms with Crippen LogP contribution in [-0.4, -0.2) is 5.78 Å². The Morgan fingerprint density at radius 1 is 1.13 bits per heavy atom. The Balaban J connectivity index is 1.89. The van der Waals surface area contributed by atoms with Crippen LogP contribution in [0.3, 0.4) is 0 Å². The Hall–Kier alpha value is -2.55. The van der Waals surface area contributed by atoms with Gasteiger partial charge in [-0.25, -0.2) is 4.39 Å². The molecule has 0 N–H and O–H groups in total. The van der Waals surface area contributed by atoms with Gasteiger partial charge >= 0.3 is 0 Å². The fraction of sp³-hybridized carbons (Fsp3) is 0. The van der Waals surface area contributed by atoms with Gasteiger partial charge in [-0.1, -0.05) is 18.2 Å². The topological polar surface area (TPSA) is 40.9 Å². The van der Waals surface area contributed by atoms with E-state index in [0.29, 0.717) is 4.88 Å². The Morgan fingerprint density at radius 2 is 1.91 bits per heavy atom. The number of nitrogens with zero attached hydrogens (tertiary/aromatic N) is 1. The summed E-state index contributed by atoms with van der Waals surface area (Å²) in [6, 6.07) is 15.4. The van der Waals surface area contributed by atoms with Gasteiger partial charge in [-0.2, -0.15) is 5.26 Å². The van der Waals surface area contributed by atoms with Gasteiger partial charge in [-0.15, -0.1) is 22.7 Å². The van der Waals surface area contributed by atoms with Gasteiger partial charge in [0, 0.05) is 9.75 Å². The van der Waals surface area contributed by atoms with Gasteiger partial charge in [0.25, 0.3) is 0 Å². The highest BCUT2D eigenvalue weighted by Gasteiger charge is 2.13. The quantitative estimate of drug-likeness (QED) is 0.362. The van der Waals surface area contributed by atoms with Crippen LogP contribution in [0.1, 0.15) is 14.5 Å². The lowest BCUT2D eigenvalue weighted by molar-refractivity contribution is 0.104. The van der Waals surface area contributed by atoms with Gasteiger partial charge < -0.3 is 0 Å². The van der Waals surface area contributed by atoms with Crippen LogP contribution in [0, 0.1) is 17.1 Å². The second-order valence-corrected chi connectivity index (χ2v) is 6.75. The molecule has 0 bridgehead atoms. The summed E-state index contributed by atoms with van der Waals surface area (Å²) in [5, 5.41) is 11.0. The number of thiophene rings is 2. The first-order chi connectivity index (χ1) is 11.2. The number of halogens is 1. The molecule has 0 saturated carbocycles. The lowest BCUT2D eigenvalue weighted by atomic mass is 10.1. The number of allylic oxidation sites excluding steroid dienone is 1. The van der Waals surface area contributed by atoms with Crippen LogP contribution in [-0.2, 0) is 0 Å². The van der Waals surface area contributed by atoms with Crippen molar-refractivity contribution in [2.45, 2.75) is 0 Å². The molecule has 0 atom stereocenters. The fourth-order valence-corrected chi connectivity index (χ4v) is 3.67. The second kappa shape index (κ2) is 6.69. The van der Waals surface area contributed by atoms with Gasteiger partial charge in [-0.05, 0) is 47.4 Å². The first-order valence-corrected chi connectivity index (χ1v) is 8.43. The van der Waals surface area contributed by atoms with Gasteiger partial charge in [0.15, 0.2) is 0 Å². The largest absolute Gasteiger partial charge is 0.287 e. The van der Waals surface area contributed by atoms with Crippen LogP contribution in [0.15, 0.2) is 59.5 Å². The Labute approximate surface area is 140 Å². The van der Waals surface area contributed by atoms with Gasteiger partial charge in [-0.3, -0.25) is 4.79 Å². The lowest BCUT2D eigenvalue weighted by Crippen LogP contribution is -1.98. The summed E-state index contributed by atoms with van der Waals surface area (Å²) >= 11 is 2.77. The van der Waals surface area contributed by atoms with E-state index in [1.807, 2.05) is 18.2 Å². The molecule has 112 valence electrons. The first kappa shape index (κ1) is 15.3. The number of benzene rings is 1. The monoisotopic (exact) mass is 339 g/mol. The molecule has 0 unspecified atom stereocenters. The van der Waals surface area contributed by atoms with Crippen molar-refractivity contribution in [3.8, 4) is 16.5 Å². The van der Waals surface area contributed by atoms with E-state index in [1.54, 1.807) is 35.7 Å². The van der Waals surface area contributed by atoms with E-state index in [1.165, 1.54) is 34.8 Å². The molecule has 2 nitrogen and oxygen atoms in total. The van der Waals surface area contributed by atoms with E-state index in [4.69, 9.17) is 0 Å². The smallest absolute Gasteiger partial charge is 0.213 e. The molecule has 1 aromatic carbocycles. The van der Waals surface area contributed by atoms with Crippen LogP contribution in [0.2, 0.25) is 0 Å². The van der Waals surface area contributed by atoms with Gasteiger partial charge in [0.1, 0.15) is 17.5 Å². The molecule has 0 fully saturated rings. The standard InChI is InChI=1S/C18H10FNOS2/c19-14-5-3-12(4-6-14)16-8-7-15(23-16)10-13(11-20)18(21)17-2-1-9-22-17/h1-10H/b13-10+. The maximum atomic E-state index is 13.0. The van der Waals surface area contributed by atoms with E-state index in [-0.39, 0.29) is 17.2 Å². The summed E-state index contributed by atoms with van der Waals surface area (Å²) in [6.45, 7) is 0. The summed E-state index contributed by atoms with van der Waals surface area (Å²) in [6.07, 6.45) is 1.60. The first-order valence-electron chi connectivity index (χ1n) is 6.73. The third-order valence-corrected chi connectivity index (χ3v) is 5.10. The lowest BCUT2D eigenvalue weighted by Gasteiger charge is -1.96. The fourth-order valence-electron chi connectivity index (χ4n) is 2.03. The highest BCUT2D eigenvalue weighted by atomic mass is 32.1. The zero-order valence-electron chi connectivity index (χ0n) is 11.8. The van der Waals surface area contributed by atoms with Crippen molar-refractivity contribution < 1.29 is 9.18 Å². The minimum absolute atomic E-state index is 0.111. The molecule has 0 spiro atoms. The molecular weight excluding hydrogens is 329 g/mol. The average Bonchev–Trinajstić information content (AvgIpc) is 3.24. The van der Waals surface area contributed by atoms with Gasteiger partial charge in [0.2, 0.25) is 5.78 Å². The molecule has 0 amide bonds. The zero-order chi connectivity index (χ0) is 16.2. The predicted molar refractivity (Wildman–Crippen MR) is 92.0 cm³/mol. The molecular formula is C18H10FNOS2. The number of rotatable bonds is 4. The third-order valence-electron chi connectivity index (χ3n) is 3.15. The molecule has 5 heteroatoms. The van der Waals surface area contributed by atoms with E-state index in [0.717, 1.165) is 15.3 Å². The predicted octanol–water partition coefficient (Wildman–Crippen LogP) is 5.41. The van der Waals surface area contributed by atoms with Crippen molar-refractivity contribution >= 4 is 34.5 Å². The Morgan fingerprint density at radius 3 is 2.57 bits per heavy atom. The second-order valence-electron chi connectivity index (χ2n) is 4.69. The molecule has 23 heavy (non-hydrogen) atoms. The number of hydrogen-bond donors (Lipinski definition) is 0. The molecule has 0 aliphatic heterocycles. The number of nitriles is 1. The number of Topliss-reactive ketones (excluding diaryl/α,β-unsaturated/α-hetero) is 1. The number of carbonyl (C=O) groups excluding carboxylic acids is 1. The molecule has 3 rings (SSSR count). The minimum Gasteiger partial charge on any atom is -0.287 e. The molecule has 0 saturated heterocycles. The van der Waals surface area contributed by atoms with Crippen molar-refractivity contribution in [2.24, 2.45) is 0 Å². The SMILES string of the molecule is N#C/C(=C\c1ccc(-c2ccc(F)cc2)s1)C(=O)c1cccs1. The summed E-state index contributed by atoms with van der Waals surface area (Å²) in [5.74, 6) is -0.544.